The number of amides is 2. The first kappa shape index (κ1) is 22.4. The zero-order chi connectivity index (χ0) is 22.9. The summed E-state index contributed by atoms with van der Waals surface area (Å²) in [4.78, 5) is 26.9. The molecule has 170 valence electrons. The molecule has 0 aromatic heterocycles. The highest BCUT2D eigenvalue weighted by Crippen LogP contribution is 2.19. The molecule has 1 aliphatic rings. The van der Waals surface area contributed by atoms with E-state index < -0.39 is 0 Å². The standard InChI is InChI=1S/C26H27N3O4/c30-25(28-23-10-4-8-21(16-23)26(31)29-12-14-32-15-13-29)18-27-22-9-5-11-24(17-22)33-19-20-6-2-1-3-7-20/h1-11,16-17,27H,12-15,18-19H2,(H,28,30). The van der Waals surface area contributed by atoms with Crippen molar-refractivity contribution in [2.75, 3.05) is 43.5 Å². The van der Waals surface area contributed by atoms with Gasteiger partial charge in [0.05, 0.1) is 19.8 Å². The van der Waals surface area contributed by atoms with Crippen molar-refractivity contribution in [3.63, 3.8) is 0 Å². The van der Waals surface area contributed by atoms with E-state index in [1.54, 1.807) is 29.2 Å². The second-order valence-electron chi connectivity index (χ2n) is 7.69. The topological polar surface area (TPSA) is 79.9 Å². The van der Waals surface area contributed by atoms with Gasteiger partial charge < -0.3 is 25.0 Å². The molecule has 0 saturated carbocycles. The van der Waals surface area contributed by atoms with Crippen LogP contribution in [-0.4, -0.2) is 49.6 Å². The van der Waals surface area contributed by atoms with Crippen LogP contribution in [0, 0.1) is 0 Å². The van der Waals surface area contributed by atoms with Gasteiger partial charge in [0.15, 0.2) is 0 Å². The predicted molar refractivity (Wildman–Crippen MR) is 127 cm³/mol. The number of hydrogen-bond donors (Lipinski definition) is 2. The maximum absolute atomic E-state index is 12.7. The van der Waals surface area contributed by atoms with Crippen molar-refractivity contribution in [1.82, 2.24) is 4.90 Å². The van der Waals surface area contributed by atoms with Gasteiger partial charge in [-0.3, -0.25) is 9.59 Å². The van der Waals surface area contributed by atoms with Crippen LogP contribution >= 0.6 is 0 Å². The van der Waals surface area contributed by atoms with Crippen LogP contribution in [0.3, 0.4) is 0 Å². The summed E-state index contributed by atoms with van der Waals surface area (Å²) >= 11 is 0. The van der Waals surface area contributed by atoms with Gasteiger partial charge in [0.1, 0.15) is 12.4 Å². The van der Waals surface area contributed by atoms with Crippen LogP contribution < -0.4 is 15.4 Å². The fraction of sp³-hybridized carbons (Fsp3) is 0.231. The number of benzene rings is 3. The van der Waals surface area contributed by atoms with E-state index in [0.29, 0.717) is 44.2 Å². The first-order chi connectivity index (χ1) is 16.2. The van der Waals surface area contributed by atoms with Crippen LogP contribution in [-0.2, 0) is 16.1 Å². The van der Waals surface area contributed by atoms with E-state index in [1.807, 2.05) is 54.6 Å². The van der Waals surface area contributed by atoms with Crippen LogP contribution in [0.25, 0.3) is 0 Å². The number of carbonyl (C=O) groups excluding carboxylic acids is 2. The molecular weight excluding hydrogens is 418 g/mol. The zero-order valence-corrected chi connectivity index (χ0v) is 18.3. The van der Waals surface area contributed by atoms with Crippen LogP contribution in [0.1, 0.15) is 15.9 Å². The Kier molecular flexibility index (Phi) is 7.56. The number of nitrogens with zero attached hydrogens (tertiary/aromatic N) is 1. The second kappa shape index (κ2) is 11.2. The molecule has 1 aliphatic heterocycles. The van der Waals surface area contributed by atoms with E-state index in [4.69, 9.17) is 9.47 Å². The molecule has 1 saturated heterocycles. The molecule has 7 nitrogen and oxygen atoms in total. The van der Waals surface area contributed by atoms with Gasteiger partial charge in [-0.05, 0) is 35.9 Å². The quantitative estimate of drug-likeness (QED) is 0.552. The van der Waals surface area contributed by atoms with E-state index in [9.17, 15) is 9.59 Å². The second-order valence-corrected chi connectivity index (χ2v) is 7.69. The summed E-state index contributed by atoms with van der Waals surface area (Å²) in [6.45, 7) is 2.81. The lowest BCUT2D eigenvalue weighted by molar-refractivity contribution is -0.114. The molecule has 2 N–H and O–H groups in total. The lowest BCUT2D eigenvalue weighted by atomic mass is 10.1. The summed E-state index contributed by atoms with van der Waals surface area (Å²) in [5.74, 6) is 0.458. The summed E-state index contributed by atoms with van der Waals surface area (Å²) < 4.78 is 11.1. The number of morpholine rings is 1. The van der Waals surface area contributed by atoms with Crippen LogP contribution in [0.5, 0.6) is 5.75 Å². The predicted octanol–water partition coefficient (Wildman–Crippen LogP) is 3.79. The van der Waals surface area contributed by atoms with Crippen molar-refractivity contribution in [2.24, 2.45) is 0 Å². The van der Waals surface area contributed by atoms with E-state index in [-0.39, 0.29) is 18.4 Å². The van der Waals surface area contributed by atoms with E-state index >= 15 is 0 Å². The minimum absolute atomic E-state index is 0.0557. The molecule has 0 spiro atoms. The molecule has 0 bridgehead atoms. The summed E-state index contributed by atoms with van der Waals surface area (Å²) in [6, 6.07) is 24.4. The molecule has 0 aliphatic carbocycles. The maximum Gasteiger partial charge on any atom is 0.254 e. The van der Waals surface area contributed by atoms with E-state index in [1.165, 1.54) is 0 Å². The Balaban J connectivity index is 1.28. The van der Waals surface area contributed by atoms with Crippen molar-refractivity contribution in [1.29, 1.82) is 0 Å². The molecule has 7 heteroatoms. The molecule has 3 aromatic rings. The lowest BCUT2D eigenvalue weighted by Gasteiger charge is -2.27. The highest BCUT2D eigenvalue weighted by atomic mass is 16.5. The highest BCUT2D eigenvalue weighted by Gasteiger charge is 2.18. The molecule has 3 aromatic carbocycles. The zero-order valence-electron chi connectivity index (χ0n) is 18.3. The molecule has 4 rings (SSSR count). The van der Waals surface area contributed by atoms with Gasteiger partial charge in [0.2, 0.25) is 5.91 Å². The highest BCUT2D eigenvalue weighted by molar-refractivity contribution is 5.98. The largest absolute Gasteiger partial charge is 0.489 e. The third-order valence-electron chi connectivity index (χ3n) is 5.23. The summed E-state index contributed by atoms with van der Waals surface area (Å²) in [5.41, 5.74) is 3.00. The molecule has 0 radical (unpaired) electrons. The van der Waals surface area contributed by atoms with Crippen LogP contribution in [0.15, 0.2) is 78.9 Å². The summed E-state index contributed by atoms with van der Waals surface area (Å²) in [6.07, 6.45) is 0. The number of carbonyl (C=O) groups is 2. The third kappa shape index (κ3) is 6.57. The Bertz CT molecular complexity index is 1080. The Morgan fingerprint density at radius 1 is 0.879 bits per heavy atom. The average molecular weight is 446 g/mol. The normalized spacial score (nSPS) is 13.3. The Hall–Kier alpha value is -3.84. The maximum atomic E-state index is 12.7. The summed E-state index contributed by atoms with van der Waals surface area (Å²) in [5, 5.41) is 5.95. The number of rotatable bonds is 8. The minimum atomic E-state index is -0.207. The molecule has 1 heterocycles. The van der Waals surface area contributed by atoms with Crippen LogP contribution in [0.4, 0.5) is 11.4 Å². The van der Waals surface area contributed by atoms with E-state index in [0.717, 1.165) is 17.0 Å². The molecule has 0 atom stereocenters. The van der Waals surface area contributed by atoms with Gasteiger partial charge in [-0.15, -0.1) is 0 Å². The fourth-order valence-electron chi connectivity index (χ4n) is 3.50. The first-order valence-electron chi connectivity index (χ1n) is 10.9. The molecule has 1 fully saturated rings. The third-order valence-corrected chi connectivity index (χ3v) is 5.23. The Morgan fingerprint density at radius 3 is 2.45 bits per heavy atom. The Morgan fingerprint density at radius 2 is 1.64 bits per heavy atom. The number of ether oxygens (including phenoxy) is 2. The van der Waals surface area contributed by atoms with Gasteiger partial charge in [-0.2, -0.15) is 0 Å². The van der Waals surface area contributed by atoms with Crippen LogP contribution in [0.2, 0.25) is 0 Å². The van der Waals surface area contributed by atoms with Crippen molar-refractivity contribution < 1.29 is 19.1 Å². The summed E-state index contributed by atoms with van der Waals surface area (Å²) in [7, 11) is 0. The SMILES string of the molecule is O=C(CNc1cccc(OCc2ccccc2)c1)Nc1cccc(C(=O)N2CCOCC2)c1. The molecule has 0 unspecified atom stereocenters. The molecular formula is C26H27N3O4. The van der Waals surface area contributed by atoms with Crippen molar-refractivity contribution in [3.05, 3.63) is 90.0 Å². The van der Waals surface area contributed by atoms with Gasteiger partial charge in [-0.25, -0.2) is 0 Å². The van der Waals surface area contributed by atoms with Gasteiger partial charge >= 0.3 is 0 Å². The van der Waals surface area contributed by atoms with Crippen molar-refractivity contribution >= 4 is 23.2 Å². The van der Waals surface area contributed by atoms with Gasteiger partial charge in [-0.1, -0.05) is 42.5 Å². The van der Waals surface area contributed by atoms with E-state index in [2.05, 4.69) is 10.6 Å². The number of anilines is 2. The fourth-order valence-corrected chi connectivity index (χ4v) is 3.50. The average Bonchev–Trinajstić information content (AvgIpc) is 2.87. The van der Waals surface area contributed by atoms with Crippen molar-refractivity contribution in [3.8, 4) is 5.75 Å². The minimum Gasteiger partial charge on any atom is -0.489 e. The lowest BCUT2D eigenvalue weighted by Crippen LogP contribution is -2.40. The van der Waals surface area contributed by atoms with Gasteiger partial charge in [0.25, 0.3) is 5.91 Å². The van der Waals surface area contributed by atoms with Gasteiger partial charge in [0, 0.05) is 36.1 Å². The number of hydrogen-bond acceptors (Lipinski definition) is 5. The van der Waals surface area contributed by atoms with Crippen molar-refractivity contribution in [2.45, 2.75) is 6.61 Å². The Labute approximate surface area is 193 Å². The smallest absolute Gasteiger partial charge is 0.254 e. The number of nitrogens with one attached hydrogen (secondary N) is 2. The molecule has 2 amide bonds. The first-order valence-corrected chi connectivity index (χ1v) is 10.9. The monoisotopic (exact) mass is 445 g/mol. The molecule has 33 heavy (non-hydrogen) atoms.